The van der Waals surface area contributed by atoms with Crippen molar-refractivity contribution < 1.29 is 0 Å². The molecular formula is C15H16Cl2N2S. The van der Waals surface area contributed by atoms with Crippen LogP contribution in [0.25, 0.3) is 0 Å². The monoisotopic (exact) mass is 326 g/mol. The number of hydrogen-bond acceptors (Lipinski definition) is 3. The SMILES string of the molecule is CCCNc1cccc(CSc2ccc(Cl)c(Cl)c2)n1. The van der Waals surface area contributed by atoms with Crippen molar-refractivity contribution in [2.75, 3.05) is 11.9 Å². The van der Waals surface area contributed by atoms with Crippen LogP contribution in [0, 0.1) is 0 Å². The Bertz CT molecular complexity index is 576. The highest BCUT2D eigenvalue weighted by atomic mass is 35.5. The Morgan fingerprint density at radius 3 is 2.75 bits per heavy atom. The number of benzene rings is 1. The van der Waals surface area contributed by atoms with Gasteiger partial charge in [0.05, 0.1) is 15.7 Å². The van der Waals surface area contributed by atoms with Crippen LogP contribution >= 0.6 is 35.0 Å². The maximum atomic E-state index is 6.01. The van der Waals surface area contributed by atoms with Crippen molar-refractivity contribution in [2.24, 2.45) is 0 Å². The van der Waals surface area contributed by atoms with E-state index in [4.69, 9.17) is 23.2 Å². The van der Waals surface area contributed by atoms with Gasteiger partial charge in [-0.25, -0.2) is 4.98 Å². The van der Waals surface area contributed by atoms with Gasteiger partial charge in [0.15, 0.2) is 0 Å². The Balaban J connectivity index is 1.97. The molecule has 1 aromatic carbocycles. The summed E-state index contributed by atoms with van der Waals surface area (Å²) in [4.78, 5) is 5.67. The highest BCUT2D eigenvalue weighted by Crippen LogP contribution is 2.29. The molecule has 0 atom stereocenters. The number of anilines is 1. The van der Waals surface area contributed by atoms with E-state index in [0.717, 1.165) is 35.1 Å². The van der Waals surface area contributed by atoms with Crippen LogP contribution in [0.1, 0.15) is 19.0 Å². The summed E-state index contributed by atoms with van der Waals surface area (Å²) >= 11 is 13.6. The second-order valence-corrected chi connectivity index (χ2v) is 6.17. The Morgan fingerprint density at radius 2 is 2.00 bits per heavy atom. The zero-order valence-electron chi connectivity index (χ0n) is 11.2. The van der Waals surface area contributed by atoms with E-state index in [0.29, 0.717) is 10.0 Å². The molecule has 2 rings (SSSR count). The molecule has 0 bridgehead atoms. The van der Waals surface area contributed by atoms with Gasteiger partial charge in [-0.05, 0) is 36.8 Å². The Hall–Kier alpha value is -0.900. The van der Waals surface area contributed by atoms with Crippen molar-refractivity contribution in [1.29, 1.82) is 0 Å². The number of pyridine rings is 1. The minimum atomic E-state index is 0.583. The third-order valence-electron chi connectivity index (χ3n) is 2.64. The van der Waals surface area contributed by atoms with Gasteiger partial charge in [0, 0.05) is 17.2 Å². The third kappa shape index (κ3) is 4.58. The minimum absolute atomic E-state index is 0.583. The van der Waals surface area contributed by atoms with Crippen molar-refractivity contribution >= 4 is 40.8 Å². The van der Waals surface area contributed by atoms with Crippen LogP contribution in [0.3, 0.4) is 0 Å². The number of nitrogens with zero attached hydrogens (tertiary/aromatic N) is 1. The first-order chi connectivity index (χ1) is 9.69. The average Bonchev–Trinajstić information content (AvgIpc) is 2.47. The predicted molar refractivity (Wildman–Crippen MR) is 89.0 cm³/mol. The molecule has 0 aliphatic carbocycles. The van der Waals surface area contributed by atoms with E-state index in [1.54, 1.807) is 11.8 Å². The maximum absolute atomic E-state index is 6.01. The second kappa shape index (κ2) is 7.77. The van der Waals surface area contributed by atoms with Gasteiger partial charge < -0.3 is 5.32 Å². The normalized spacial score (nSPS) is 10.6. The van der Waals surface area contributed by atoms with Crippen molar-refractivity contribution in [3.63, 3.8) is 0 Å². The van der Waals surface area contributed by atoms with E-state index in [9.17, 15) is 0 Å². The molecule has 20 heavy (non-hydrogen) atoms. The molecule has 0 aliphatic rings. The quantitative estimate of drug-likeness (QED) is 0.709. The second-order valence-electron chi connectivity index (χ2n) is 4.31. The van der Waals surface area contributed by atoms with Crippen LogP contribution in [0.2, 0.25) is 10.0 Å². The number of thioether (sulfide) groups is 1. The van der Waals surface area contributed by atoms with Gasteiger partial charge in [0.25, 0.3) is 0 Å². The first-order valence-electron chi connectivity index (χ1n) is 6.46. The lowest BCUT2D eigenvalue weighted by Gasteiger charge is -2.07. The van der Waals surface area contributed by atoms with Gasteiger partial charge in [-0.1, -0.05) is 36.2 Å². The van der Waals surface area contributed by atoms with E-state index < -0.39 is 0 Å². The standard InChI is InChI=1S/C15H16Cl2N2S/c1-2-8-18-15-5-3-4-11(19-15)10-20-12-6-7-13(16)14(17)9-12/h3-7,9H,2,8,10H2,1H3,(H,18,19). The fourth-order valence-corrected chi connectivity index (χ4v) is 2.84. The van der Waals surface area contributed by atoms with Crippen LogP contribution in [-0.2, 0) is 5.75 Å². The number of halogens is 2. The van der Waals surface area contributed by atoms with Gasteiger partial charge in [0.1, 0.15) is 5.82 Å². The van der Waals surface area contributed by atoms with Crippen LogP contribution in [-0.4, -0.2) is 11.5 Å². The van der Waals surface area contributed by atoms with Gasteiger partial charge in [0.2, 0.25) is 0 Å². The number of aromatic nitrogens is 1. The number of rotatable bonds is 6. The van der Waals surface area contributed by atoms with Crippen molar-refractivity contribution in [2.45, 2.75) is 24.0 Å². The van der Waals surface area contributed by atoms with E-state index in [1.165, 1.54) is 0 Å². The molecule has 106 valence electrons. The molecule has 2 aromatic rings. The highest BCUT2D eigenvalue weighted by Gasteiger charge is 2.02. The van der Waals surface area contributed by atoms with Gasteiger partial charge >= 0.3 is 0 Å². The summed E-state index contributed by atoms with van der Waals surface area (Å²) in [6.07, 6.45) is 1.09. The summed E-state index contributed by atoms with van der Waals surface area (Å²) in [5.41, 5.74) is 1.04. The highest BCUT2D eigenvalue weighted by molar-refractivity contribution is 7.98. The Morgan fingerprint density at radius 1 is 1.15 bits per heavy atom. The molecule has 0 spiro atoms. The van der Waals surface area contributed by atoms with E-state index in [-0.39, 0.29) is 0 Å². The topological polar surface area (TPSA) is 24.9 Å². The fraction of sp³-hybridized carbons (Fsp3) is 0.267. The van der Waals surface area contributed by atoms with Crippen molar-refractivity contribution in [3.05, 3.63) is 52.1 Å². The lowest BCUT2D eigenvalue weighted by Crippen LogP contribution is -2.02. The van der Waals surface area contributed by atoms with Gasteiger partial charge in [-0.15, -0.1) is 11.8 Å². The average molecular weight is 327 g/mol. The Labute approximate surface area is 133 Å². The smallest absolute Gasteiger partial charge is 0.126 e. The largest absolute Gasteiger partial charge is 0.370 e. The molecule has 0 unspecified atom stereocenters. The molecule has 0 aliphatic heterocycles. The summed E-state index contributed by atoms with van der Waals surface area (Å²) < 4.78 is 0. The lowest BCUT2D eigenvalue weighted by molar-refractivity contribution is 0.965. The molecule has 5 heteroatoms. The molecule has 2 nitrogen and oxygen atoms in total. The van der Waals surface area contributed by atoms with Crippen LogP contribution in [0.15, 0.2) is 41.3 Å². The Kier molecular flexibility index (Phi) is 6.02. The number of nitrogens with one attached hydrogen (secondary N) is 1. The maximum Gasteiger partial charge on any atom is 0.126 e. The van der Waals surface area contributed by atoms with Crippen molar-refractivity contribution in [3.8, 4) is 0 Å². The van der Waals surface area contributed by atoms with Gasteiger partial charge in [-0.2, -0.15) is 0 Å². The minimum Gasteiger partial charge on any atom is -0.370 e. The molecule has 0 fully saturated rings. The van der Waals surface area contributed by atoms with E-state index in [1.807, 2.05) is 36.4 Å². The van der Waals surface area contributed by atoms with Crippen LogP contribution in [0.5, 0.6) is 0 Å². The third-order valence-corrected chi connectivity index (χ3v) is 4.41. The molecule has 1 N–H and O–H groups in total. The van der Waals surface area contributed by atoms with Crippen molar-refractivity contribution in [1.82, 2.24) is 4.98 Å². The summed E-state index contributed by atoms with van der Waals surface area (Å²) in [6, 6.07) is 11.7. The number of hydrogen-bond donors (Lipinski definition) is 1. The molecule has 0 saturated heterocycles. The zero-order chi connectivity index (χ0) is 14.4. The van der Waals surface area contributed by atoms with Gasteiger partial charge in [-0.3, -0.25) is 0 Å². The molecule has 0 amide bonds. The fourth-order valence-electron chi connectivity index (χ4n) is 1.64. The summed E-state index contributed by atoms with van der Waals surface area (Å²) in [6.45, 7) is 3.08. The molecule has 0 saturated carbocycles. The molecular weight excluding hydrogens is 311 g/mol. The lowest BCUT2D eigenvalue weighted by atomic mass is 10.3. The van der Waals surface area contributed by atoms with Crippen LogP contribution in [0.4, 0.5) is 5.82 Å². The molecule has 1 aromatic heterocycles. The van der Waals surface area contributed by atoms with E-state index in [2.05, 4.69) is 17.2 Å². The molecule has 0 radical (unpaired) electrons. The summed E-state index contributed by atoms with van der Waals surface area (Å²) in [5, 5.41) is 4.46. The zero-order valence-corrected chi connectivity index (χ0v) is 13.5. The first kappa shape index (κ1) is 15.5. The van der Waals surface area contributed by atoms with Crippen LogP contribution < -0.4 is 5.32 Å². The predicted octanol–water partition coefficient (Wildman–Crippen LogP) is 5.50. The van der Waals surface area contributed by atoms with E-state index >= 15 is 0 Å². The summed E-state index contributed by atoms with van der Waals surface area (Å²) in [7, 11) is 0. The molecule has 1 heterocycles. The first-order valence-corrected chi connectivity index (χ1v) is 8.21. The summed E-state index contributed by atoms with van der Waals surface area (Å²) in [5.74, 6) is 1.73.